The van der Waals surface area contributed by atoms with Crippen molar-refractivity contribution >= 4 is 17.4 Å². The Balaban J connectivity index is 1.65. The van der Waals surface area contributed by atoms with Crippen molar-refractivity contribution in [1.29, 1.82) is 0 Å². The molecule has 0 aromatic heterocycles. The molecule has 1 saturated heterocycles. The zero-order chi connectivity index (χ0) is 17.0. The molecule has 0 radical (unpaired) electrons. The van der Waals surface area contributed by atoms with Gasteiger partial charge in [-0.2, -0.15) is 0 Å². The molecule has 0 bridgehead atoms. The Hall–Kier alpha value is -1.64. The third kappa shape index (κ3) is 4.06. The highest BCUT2D eigenvalue weighted by Gasteiger charge is 2.38. The van der Waals surface area contributed by atoms with Gasteiger partial charge in [-0.05, 0) is 62.5 Å². The number of ketones is 1. The Morgan fingerprint density at radius 2 is 1.62 bits per heavy atom. The van der Waals surface area contributed by atoms with Crippen molar-refractivity contribution in [3.63, 3.8) is 0 Å². The van der Waals surface area contributed by atoms with Crippen LogP contribution in [0.5, 0.6) is 0 Å². The summed E-state index contributed by atoms with van der Waals surface area (Å²) in [6, 6.07) is 18.5. The maximum Gasteiger partial charge on any atom is 0.136 e. The number of likely N-dealkylation sites (tertiary alicyclic amines) is 1. The van der Waals surface area contributed by atoms with Crippen LogP contribution in [0.1, 0.15) is 30.9 Å². The molecule has 2 nitrogen and oxygen atoms in total. The lowest BCUT2D eigenvalue weighted by Crippen LogP contribution is -2.44. The molecule has 24 heavy (non-hydrogen) atoms. The van der Waals surface area contributed by atoms with E-state index in [0.717, 1.165) is 43.9 Å². The van der Waals surface area contributed by atoms with Gasteiger partial charge in [-0.3, -0.25) is 9.69 Å². The van der Waals surface area contributed by atoms with Crippen molar-refractivity contribution in [2.45, 2.75) is 32.7 Å². The van der Waals surface area contributed by atoms with Gasteiger partial charge in [-0.25, -0.2) is 0 Å². The van der Waals surface area contributed by atoms with Crippen LogP contribution in [0.15, 0.2) is 54.6 Å². The Labute approximate surface area is 149 Å². The summed E-state index contributed by atoms with van der Waals surface area (Å²) in [4.78, 5) is 14.9. The Bertz CT molecular complexity index is 673. The van der Waals surface area contributed by atoms with E-state index in [-0.39, 0.29) is 5.41 Å². The van der Waals surface area contributed by atoms with E-state index in [2.05, 4.69) is 29.2 Å². The first-order chi connectivity index (χ1) is 11.6. The molecule has 1 heterocycles. The zero-order valence-electron chi connectivity index (χ0n) is 14.2. The highest BCUT2D eigenvalue weighted by Crippen LogP contribution is 2.36. The van der Waals surface area contributed by atoms with Crippen molar-refractivity contribution in [3.8, 4) is 0 Å². The van der Waals surface area contributed by atoms with E-state index >= 15 is 0 Å². The van der Waals surface area contributed by atoms with Crippen LogP contribution in [0.2, 0.25) is 5.02 Å². The SMILES string of the molecule is CC(=O)C1(Cc2ccc(Cl)cc2)CCN(Cc2ccccc2)CC1. The second kappa shape index (κ2) is 7.50. The summed E-state index contributed by atoms with van der Waals surface area (Å²) in [5.74, 6) is 0.316. The van der Waals surface area contributed by atoms with E-state index in [4.69, 9.17) is 11.6 Å². The number of carbonyl (C=O) groups excluding carboxylic acids is 1. The van der Waals surface area contributed by atoms with Crippen LogP contribution >= 0.6 is 11.6 Å². The van der Waals surface area contributed by atoms with Crippen molar-refractivity contribution in [2.75, 3.05) is 13.1 Å². The summed E-state index contributed by atoms with van der Waals surface area (Å²) in [6.45, 7) is 4.67. The number of nitrogens with zero attached hydrogens (tertiary/aromatic N) is 1. The minimum absolute atomic E-state index is 0.221. The molecular formula is C21H24ClNO. The molecule has 2 aromatic rings. The van der Waals surface area contributed by atoms with E-state index in [1.165, 1.54) is 11.1 Å². The number of benzene rings is 2. The highest BCUT2D eigenvalue weighted by atomic mass is 35.5. The van der Waals surface area contributed by atoms with Crippen molar-refractivity contribution in [2.24, 2.45) is 5.41 Å². The van der Waals surface area contributed by atoms with E-state index in [9.17, 15) is 4.79 Å². The lowest BCUT2D eigenvalue weighted by atomic mass is 9.71. The largest absolute Gasteiger partial charge is 0.299 e. The number of carbonyl (C=O) groups is 1. The van der Waals surface area contributed by atoms with Crippen LogP contribution in [0.25, 0.3) is 0 Å². The summed E-state index contributed by atoms with van der Waals surface area (Å²) < 4.78 is 0. The first-order valence-electron chi connectivity index (χ1n) is 8.59. The first-order valence-corrected chi connectivity index (χ1v) is 8.97. The molecule has 3 heteroatoms. The van der Waals surface area contributed by atoms with Gasteiger partial charge in [0.1, 0.15) is 5.78 Å². The molecule has 0 spiro atoms. The maximum atomic E-state index is 12.4. The molecule has 3 rings (SSSR count). The summed E-state index contributed by atoms with van der Waals surface area (Å²) in [5.41, 5.74) is 2.32. The first kappa shape index (κ1) is 17.2. The molecule has 1 aliphatic rings. The van der Waals surface area contributed by atoms with Gasteiger partial charge in [0.05, 0.1) is 0 Å². The smallest absolute Gasteiger partial charge is 0.136 e. The second-order valence-corrected chi connectivity index (χ2v) is 7.34. The van der Waals surface area contributed by atoms with Gasteiger partial charge in [-0.1, -0.05) is 54.1 Å². The van der Waals surface area contributed by atoms with Crippen LogP contribution < -0.4 is 0 Å². The van der Waals surface area contributed by atoms with E-state index in [1.807, 2.05) is 30.3 Å². The molecule has 0 N–H and O–H groups in total. The lowest BCUT2D eigenvalue weighted by Gasteiger charge is -2.40. The van der Waals surface area contributed by atoms with Crippen LogP contribution in [-0.2, 0) is 17.8 Å². The van der Waals surface area contributed by atoms with Crippen LogP contribution in [-0.4, -0.2) is 23.8 Å². The van der Waals surface area contributed by atoms with Crippen molar-refractivity contribution in [1.82, 2.24) is 4.90 Å². The maximum absolute atomic E-state index is 12.4. The van der Waals surface area contributed by atoms with Crippen LogP contribution in [0, 0.1) is 5.41 Å². The summed E-state index contributed by atoms with van der Waals surface area (Å²) in [6.07, 6.45) is 2.67. The van der Waals surface area contributed by atoms with E-state index in [0.29, 0.717) is 5.78 Å². The summed E-state index contributed by atoms with van der Waals surface area (Å²) in [7, 11) is 0. The standard InChI is InChI=1S/C21H24ClNO/c1-17(24)21(15-18-7-9-20(22)10-8-18)11-13-23(14-12-21)16-19-5-3-2-4-6-19/h2-10H,11-16H2,1H3. The normalized spacial score (nSPS) is 17.6. The van der Waals surface area contributed by atoms with Gasteiger partial charge in [0.2, 0.25) is 0 Å². The second-order valence-electron chi connectivity index (χ2n) is 6.90. The summed E-state index contributed by atoms with van der Waals surface area (Å²) >= 11 is 5.97. The Kier molecular flexibility index (Phi) is 5.37. The number of rotatable bonds is 5. The summed E-state index contributed by atoms with van der Waals surface area (Å²) in [5, 5.41) is 0.744. The van der Waals surface area contributed by atoms with Gasteiger partial charge < -0.3 is 0 Å². The van der Waals surface area contributed by atoms with Crippen molar-refractivity contribution < 1.29 is 4.79 Å². The monoisotopic (exact) mass is 341 g/mol. The number of hydrogen-bond donors (Lipinski definition) is 0. The molecule has 0 atom stereocenters. The fraction of sp³-hybridized carbons (Fsp3) is 0.381. The highest BCUT2D eigenvalue weighted by molar-refractivity contribution is 6.30. The molecule has 0 aliphatic carbocycles. The fourth-order valence-electron chi connectivity index (χ4n) is 3.63. The molecule has 2 aromatic carbocycles. The van der Waals surface area contributed by atoms with Crippen LogP contribution in [0.3, 0.4) is 0 Å². The molecule has 1 fully saturated rings. The minimum Gasteiger partial charge on any atom is -0.299 e. The van der Waals surface area contributed by atoms with Gasteiger partial charge in [0, 0.05) is 17.0 Å². The zero-order valence-corrected chi connectivity index (χ0v) is 14.9. The van der Waals surface area contributed by atoms with Gasteiger partial charge in [0.25, 0.3) is 0 Å². The van der Waals surface area contributed by atoms with E-state index in [1.54, 1.807) is 6.92 Å². The number of piperidine rings is 1. The van der Waals surface area contributed by atoms with Gasteiger partial charge >= 0.3 is 0 Å². The number of Topliss-reactive ketones (excluding diaryl/α,β-unsaturated/α-hetero) is 1. The quantitative estimate of drug-likeness (QED) is 0.781. The Morgan fingerprint density at radius 3 is 2.21 bits per heavy atom. The molecule has 1 aliphatic heterocycles. The third-order valence-electron chi connectivity index (χ3n) is 5.26. The van der Waals surface area contributed by atoms with E-state index < -0.39 is 0 Å². The molecule has 0 amide bonds. The average molecular weight is 342 g/mol. The average Bonchev–Trinajstić information content (AvgIpc) is 2.59. The van der Waals surface area contributed by atoms with Gasteiger partial charge in [0.15, 0.2) is 0 Å². The minimum atomic E-state index is -0.221. The van der Waals surface area contributed by atoms with Crippen LogP contribution in [0.4, 0.5) is 0 Å². The molecule has 0 saturated carbocycles. The van der Waals surface area contributed by atoms with Crippen molar-refractivity contribution in [3.05, 3.63) is 70.7 Å². The predicted octanol–water partition coefficient (Wildman–Crippen LogP) is 4.75. The molecule has 0 unspecified atom stereocenters. The number of halogens is 1. The lowest BCUT2D eigenvalue weighted by molar-refractivity contribution is -0.129. The topological polar surface area (TPSA) is 20.3 Å². The fourth-order valence-corrected chi connectivity index (χ4v) is 3.75. The third-order valence-corrected chi connectivity index (χ3v) is 5.52. The van der Waals surface area contributed by atoms with Gasteiger partial charge in [-0.15, -0.1) is 0 Å². The number of hydrogen-bond acceptors (Lipinski definition) is 2. The molecular weight excluding hydrogens is 318 g/mol. The predicted molar refractivity (Wildman–Crippen MR) is 99.2 cm³/mol. The Morgan fingerprint density at radius 1 is 1.00 bits per heavy atom. The molecule has 126 valence electrons.